The van der Waals surface area contributed by atoms with Crippen molar-refractivity contribution in [2.45, 2.75) is 72.3 Å². The smallest absolute Gasteiger partial charge is 0.328 e. The number of carbonyl (C=O) groups is 5. The highest BCUT2D eigenvalue weighted by Crippen LogP contribution is 2.25. The van der Waals surface area contributed by atoms with Crippen molar-refractivity contribution in [3.8, 4) is 0 Å². The Morgan fingerprint density at radius 2 is 1.67 bits per heavy atom. The number of Topliss-reactive ketones (excluding diaryl/α,β-unsaturated/α-hetero) is 1. The highest BCUT2D eigenvalue weighted by Gasteiger charge is 2.42. The van der Waals surface area contributed by atoms with Crippen molar-refractivity contribution < 1.29 is 38.2 Å². The van der Waals surface area contributed by atoms with Crippen LogP contribution in [-0.4, -0.2) is 66.9 Å². The van der Waals surface area contributed by atoms with Crippen molar-refractivity contribution in [3.05, 3.63) is 24.3 Å². The number of allylic oxidation sites excluding steroid dienone is 2. The van der Waals surface area contributed by atoms with E-state index in [1.54, 1.807) is 32.9 Å². The van der Waals surface area contributed by atoms with Crippen LogP contribution in [0.3, 0.4) is 0 Å². The van der Waals surface area contributed by atoms with Gasteiger partial charge in [0.15, 0.2) is 0 Å². The van der Waals surface area contributed by atoms with Gasteiger partial charge in [0.25, 0.3) is 5.91 Å². The molecule has 0 aliphatic carbocycles. The van der Waals surface area contributed by atoms with Crippen molar-refractivity contribution in [3.63, 3.8) is 0 Å². The molecule has 0 aromatic rings. The minimum absolute atomic E-state index is 0.0263. The molecule has 0 N–H and O–H groups in total. The second kappa shape index (κ2) is 13.4. The molecule has 2 aliphatic rings. The molecule has 2 aliphatic heterocycles. The zero-order valence-electron chi connectivity index (χ0n) is 21.9. The van der Waals surface area contributed by atoms with E-state index in [2.05, 4.69) is 6.58 Å². The van der Waals surface area contributed by atoms with Crippen molar-refractivity contribution >= 4 is 29.6 Å². The van der Waals surface area contributed by atoms with E-state index in [0.29, 0.717) is 32.1 Å². The zero-order chi connectivity index (χ0) is 26.9. The molecule has 1 amide bonds. The van der Waals surface area contributed by atoms with Crippen molar-refractivity contribution in [1.82, 2.24) is 4.90 Å². The van der Waals surface area contributed by atoms with Crippen LogP contribution in [0.5, 0.6) is 0 Å². The maximum Gasteiger partial charge on any atom is 0.328 e. The van der Waals surface area contributed by atoms with Crippen LogP contribution in [0.2, 0.25) is 0 Å². The molecule has 36 heavy (non-hydrogen) atoms. The number of ketones is 1. The van der Waals surface area contributed by atoms with E-state index < -0.39 is 52.9 Å². The Bertz CT molecular complexity index is 890. The van der Waals surface area contributed by atoms with E-state index in [-0.39, 0.29) is 26.4 Å². The number of ether oxygens (including phenoxy) is 3. The number of cyclic esters (lactones) is 3. The second-order valence-electron chi connectivity index (χ2n) is 10.3. The second-order valence-corrected chi connectivity index (χ2v) is 10.3. The minimum Gasteiger partial charge on any atom is -0.465 e. The number of hydrogen-bond donors (Lipinski definition) is 0. The molecular formula is C27H39NO8. The van der Waals surface area contributed by atoms with Gasteiger partial charge in [-0.15, -0.1) is 6.58 Å². The van der Waals surface area contributed by atoms with Crippen molar-refractivity contribution in [2.24, 2.45) is 17.3 Å². The maximum atomic E-state index is 13.1. The van der Waals surface area contributed by atoms with Gasteiger partial charge in [0, 0.05) is 13.0 Å². The van der Waals surface area contributed by atoms with Crippen molar-refractivity contribution in [2.75, 3.05) is 26.4 Å². The van der Waals surface area contributed by atoms with Crippen LogP contribution in [0, 0.1) is 17.3 Å². The summed E-state index contributed by atoms with van der Waals surface area (Å²) in [5, 5.41) is 0. The number of carbonyl (C=O) groups excluding carboxylic acids is 5. The Hall–Kier alpha value is -2.97. The summed E-state index contributed by atoms with van der Waals surface area (Å²) < 4.78 is 16.1. The first kappa shape index (κ1) is 29.3. The molecule has 9 heteroatoms. The first-order valence-electron chi connectivity index (χ1n) is 12.6. The van der Waals surface area contributed by atoms with Crippen molar-refractivity contribution in [1.29, 1.82) is 0 Å². The number of rotatable bonds is 2. The molecule has 2 rings (SSSR count). The third kappa shape index (κ3) is 8.03. The summed E-state index contributed by atoms with van der Waals surface area (Å²) in [7, 11) is 0. The molecule has 0 spiro atoms. The Balaban J connectivity index is 2.26. The molecule has 3 atom stereocenters. The Morgan fingerprint density at radius 1 is 1.00 bits per heavy atom. The first-order valence-corrected chi connectivity index (χ1v) is 12.6. The van der Waals surface area contributed by atoms with E-state index >= 15 is 0 Å². The topological polar surface area (TPSA) is 116 Å². The number of nitrogens with zero attached hydrogens (tertiary/aromatic N) is 1. The molecule has 0 saturated carbocycles. The van der Waals surface area contributed by atoms with E-state index in [0.717, 1.165) is 12.0 Å². The Kier molecular flexibility index (Phi) is 10.9. The highest BCUT2D eigenvalue weighted by atomic mass is 16.5. The van der Waals surface area contributed by atoms with Gasteiger partial charge in [-0.3, -0.25) is 19.2 Å². The summed E-state index contributed by atoms with van der Waals surface area (Å²) in [5.41, 5.74) is -0.448. The summed E-state index contributed by atoms with van der Waals surface area (Å²) in [6.45, 7) is 10.4. The quantitative estimate of drug-likeness (QED) is 0.243. The van der Waals surface area contributed by atoms with Crippen LogP contribution >= 0.6 is 0 Å². The average molecular weight is 506 g/mol. The Labute approximate surface area is 213 Å². The van der Waals surface area contributed by atoms with E-state index in [9.17, 15) is 24.0 Å². The molecule has 0 aromatic heterocycles. The molecule has 0 radical (unpaired) electrons. The van der Waals surface area contributed by atoms with Crippen LogP contribution in [0.4, 0.5) is 0 Å². The largest absolute Gasteiger partial charge is 0.465 e. The molecular weight excluding hydrogens is 466 g/mol. The fraction of sp³-hybridized carbons (Fsp3) is 0.667. The predicted octanol–water partition coefficient (Wildman–Crippen LogP) is 3.16. The third-order valence-corrected chi connectivity index (χ3v) is 6.44. The standard InChI is InChI=1S/C27H39NO8/c1-6-10-20-16-18(2)15-19(3)24(31)36-17-27(4,5)22(29)23(30)28-12-8-7-11-21(28)26(33)35-14-9-13-34-25(20)32/h6,16,19-21H,1,7-15,17H2,2-5H3/b18-16+/t19-,20+,21-/m0/s1. The van der Waals surface area contributed by atoms with Gasteiger partial charge < -0.3 is 19.1 Å². The molecule has 2 heterocycles. The molecule has 0 aromatic carbocycles. The minimum atomic E-state index is -1.26. The summed E-state index contributed by atoms with van der Waals surface area (Å²) in [4.78, 5) is 65.4. The summed E-state index contributed by atoms with van der Waals surface area (Å²) >= 11 is 0. The van der Waals surface area contributed by atoms with Crippen LogP contribution in [-0.2, 0) is 38.2 Å². The zero-order valence-corrected chi connectivity index (χ0v) is 21.9. The summed E-state index contributed by atoms with van der Waals surface area (Å²) in [6, 6.07) is -0.855. The summed E-state index contributed by atoms with van der Waals surface area (Å²) in [5.74, 6) is -4.07. The van der Waals surface area contributed by atoms with Gasteiger partial charge in [0.05, 0.1) is 30.5 Å². The van der Waals surface area contributed by atoms with Gasteiger partial charge in [-0.25, -0.2) is 4.79 Å². The number of piperidine rings is 1. The van der Waals surface area contributed by atoms with Gasteiger partial charge in [-0.05, 0) is 52.9 Å². The highest BCUT2D eigenvalue weighted by molar-refractivity contribution is 6.38. The van der Waals surface area contributed by atoms with Gasteiger partial charge >= 0.3 is 17.9 Å². The SMILES string of the molecule is C=CC[C@@H]1/C=C(\C)C[C@H](C)C(=O)OCC(C)(C)C(=O)C(=O)N2CCCC[C@H]2C(=O)OCCCOC1=O. The molecule has 1 fully saturated rings. The summed E-state index contributed by atoms with van der Waals surface area (Å²) in [6.07, 6.45) is 6.23. The van der Waals surface area contributed by atoms with E-state index in [1.807, 2.05) is 6.92 Å². The Morgan fingerprint density at radius 3 is 2.33 bits per heavy atom. The number of hydrogen-bond acceptors (Lipinski definition) is 8. The fourth-order valence-corrected chi connectivity index (χ4v) is 4.30. The van der Waals surface area contributed by atoms with Crippen LogP contribution in [0.1, 0.15) is 66.2 Å². The van der Waals surface area contributed by atoms with Gasteiger partial charge in [0.2, 0.25) is 5.78 Å². The maximum absolute atomic E-state index is 13.1. The first-order chi connectivity index (χ1) is 17.0. The van der Waals surface area contributed by atoms with Crippen LogP contribution < -0.4 is 0 Å². The average Bonchev–Trinajstić information content (AvgIpc) is 2.85. The number of fused-ring (bicyclic) bond motifs is 1. The van der Waals surface area contributed by atoms with Crippen LogP contribution in [0.25, 0.3) is 0 Å². The molecule has 200 valence electrons. The lowest BCUT2D eigenvalue weighted by atomic mass is 9.87. The van der Waals surface area contributed by atoms with E-state index in [1.165, 1.54) is 4.90 Å². The monoisotopic (exact) mass is 505 g/mol. The normalized spacial score (nSPS) is 29.1. The van der Waals surface area contributed by atoms with E-state index in [4.69, 9.17) is 14.2 Å². The molecule has 1 saturated heterocycles. The lowest BCUT2D eigenvalue weighted by molar-refractivity contribution is -0.163. The lowest BCUT2D eigenvalue weighted by Gasteiger charge is -2.35. The van der Waals surface area contributed by atoms with Gasteiger partial charge in [-0.1, -0.05) is 24.6 Å². The molecule has 0 bridgehead atoms. The van der Waals surface area contributed by atoms with Crippen LogP contribution in [0.15, 0.2) is 24.3 Å². The van der Waals surface area contributed by atoms with Gasteiger partial charge in [-0.2, -0.15) is 0 Å². The lowest BCUT2D eigenvalue weighted by Crippen LogP contribution is -2.53. The number of amides is 1. The van der Waals surface area contributed by atoms with Gasteiger partial charge in [0.1, 0.15) is 12.6 Å². The number of esters is 3. The fourth-order valence-electron chi connectivity index (χ4n) is 4.30. The molecule has 0 unspecified atom stereocenters. The predicted molar refractivity (Wildman–Crippen MR) is 131 cm³/mol. The third-order valence-electron chi connectivity index (χ3n) is 6.44. The molecule has 9 nitrogen and oxygen atoms in total.